The second-order valence-corrected chi connectivity index (χ2v) is 6.96. The standard InChI is InChI=1S/C14H11ClF3N3O4S/c1-2-12(22)21(26(23,24)14(16,17)18)10-3-5-11(6-4-10)25-13-19-7-9(15)8-20-13/h3-8H,2H2,1H3. The molecule has 0 aliphatic rings. The number of amides is 1. The number of carbonyl (C=O) groups excluding carboxylic acids is 1. The van der Waals surface area contributed by atoms with Crippen LogP contribution in [0.25, 0.3) is 0 Å². The molecule has 1 heterocycles. The lowest BCUT2D eigenvalue weighted by atomic mass is 10.3. The Balaban J connectivity index is 2.33. The van der Waals surface area contributed by atoms with Gasteiger partial charge in [-0.1, -0.05) is 18.5 Å². The van der Waals surface area contributed by atoms with E-state index in [0.29, 0.717) is 0 Å². The molecule has 1 aromatic heterocycles. The van der Waals surface area contributed by atoms with Gasteiger partial charge in [0, 0.05) is 6.42 Å². The first-order chi connectivity index (χ1) is 12.1. The number of anilines is 1. The summed E-state index contributed by atoms with van der Waals surface area (Å²) in [5.74, 6) is -1.11. The summed E-state index contributed by atoms with van der Waals surface area (Å²) < 4.78 is 66.8. The monoisotopic (exact) mass is 409 g/mol. The topological polar surface area (TPSA) is 89.5 Å². The number of benzene rings is 1. The molecule has 2 aromatic rings. The first-order valence-electron chi connectivity index (χ1n) is 6.96. The van der Waals surface area contributed by atoms with Gasteiger partial charge in [0.15, 0.2) is 0 Å². The van der Waals surface area contributed by atoms with Crippen LogP contribution in [0, 0.1) is 0 Å². The first kappa shape index (κ1) is 19.9. The van der Waals surface area contributed by atoms with Crippen molar-refractivity contribution in [3.63, 3.8) is 0 Å². The molecule has 1 aromatic carbocycles. The number of alkyl halides is 3. The van der Waals surface area contributed by atoms with E-state index in [1.165, 1.54) is 31.5 Å². The Labute approximate surface area is 151 Å². The number of hydrogen-bond acceptors (Lipinski definition) is 6. The highest BCUT2D eigenvalue weighted by molar-refractivity contribution is 7.94. The van der Waals surface area contributed by atoms with Crippen molar-refractivity contribution in [2.75, 3.05) is 4.31 Å². The van der Waals surface area contributed by atoms with E-state index in [4.69, 9.17) is 16.3 Å². The van der Waals surface area contributed by atoms with E-state index in [0.717, 1.165) is 12.1 Å². The molecule has 0 saturated heterocycles. The van der Waals surface area contributed by atoms with Gasteiger partial charge in [-0.2, -0.15) is 25.9 Å². The van der Waals surface area contributed by atoms with Gasteiger partial charge in [0.1, 0.15) is 5.75 Å². The third-order valence-electron chi connectivity index (χ3n) is 2.94. The molecule has 0 unspecified atom stereocenters. The van der Waals surface area contributed by atoms with E-state index < -0.39 is 33.5 Å². The molecule has 2 rings (SSSR count). The lowest BCUT2D eigenvalue weighted by Crippen LogP contribution is -2.44. The number of nitrogens with zero attached hydrogens (tertiary/aromatic N) is 3. The van der Waals surface area contributed by atoms with Crippen LogP contribution >= 0.6 is 11.6 Å². The molecule has 0 bridgehead atoms. The lowest BCUT2D eigenvalue weighted by Gasteiger charge is -2.23. The summed E-state index contributed by atoms with van der Waals surface area (Å²) >= 11 is 5.63. The van der Waals surface area contributed by atoms with Crippen LogP contribution in [-0.2, 0) is 14.8 Å². The average Bonchev–Trinajstić information content (AvgIpc) is 2.57. The van der Waals surface area contributed by atoms with Gasteiger partial charge in [-0.15, -0.1) is 0 Å². The minimum Gasteiger partial charge on any atom is -0.424 e. The predicted molar refractivity (Wildman–Crippen MR) is 86.3 cm³/mol. The number of aromatic nitrogens is 2. The minimum absolute atomic E-state index is 0.0773. The lowest BCUT2D eigenvalue weighted by molar-refractivity contribution is -0.117. The third kappa shape index (κ3) is 4.22. The van der Waals surface area contributed by atoms with Crippen LogP contribution < -0.4 is 9.04 Å². The molecule has 0 saturated carbocycles. The van der Waals surface area contributed by atoms with Crippen molar-refractivity contribution in [2.24, 2.45) is 0 Å². The SMILES string of the molecule is CCC(=O)N(c1ccc(Oc2ncc(Cl)cn2)cc1)S(=O)(=O)C(F)(F)F. The fourth-order valence-electron chi connectivity index (χ4n) is 1.77. The van der Waals surface area contributed by atoms with Crippen LogP contribution in [0.4, 0.5) is 18.9 Å². The Hall–Kier alpha value is -2.40. The van der Waals surface area contributed by atoms with Gasteiger partial charge in [0.25, 0.3) is 0 Å². The Bertz CT molecular complexity index is 887. The van der Waals surface area contributed by atoms with Crippen LogP contribution in [0.1, 0.15) is 13.3 Å². The molecular weight excluding hydrogens is 399 g/mol. The molecule has 12 heteroatoms. The average molecular weight is 410 g/mol. The van der Waals surface area contributed by atoms with Crippen molar-refractivity contribution in [3.05, 3.63) is 41.7 Å². The van der Waals surface area contributed by atoms with Crippen molar-refractivity contribution in [2.45, 2.75) is 18.9 Å². The molecule has 0 aliphatic carbocycles. The maximum atomic E-state index is 12.8. The van der Waals surface area contributed by atoms with E-state index in [1.807, 2.05) is 0 Å². The molecule has 0 spiro atoms. The predicted octanol–water partition coefficient (Wildman–Crippen LogP) is 3.51. The highest BCUT2D eigenvalue weighted by Gasteiger charge is 2.52. The highest BCUT2D eigenvalue weighted by Crippen LogP contribution is 2.32. The minimum atomic E-state index is -5.88. The van der Waals surface area contributed by atoms with Crippen LogP contribution in [0.2, 0.25) is 5.02 Å². The Kier molecular flexibility index (Phi) is 5.71. The smallest absolute Gasteiger partial charge is 0.424 e. The van der Waals surface area contributed by atoms with E-state index in [9.17, 15) is 26.4 Å². The number of ether oxygens (including phenoxy) is 1. The van der Waals surface area contributed by atoms with Crippen LogP contribution in [0.15, 0.2) is 36.7 Å². The van der Waals surface area contributed by atoms with Crippen molar-refractivity contribution in [1.82, 2.24) is 9.97 Å². The number of carbonyl (C=O) groups is 1. The first-order valence-corrected chi connectivity index (χ1v) is 8.78. The summed E-state index contributed by atoms with van der Waals surface area (Å²) in [6.07, 6.45) is 2.11. The quantitative estimate of drug-likeness (QED) is 0.750. The van der Waals surface area contributed by atoms with Crippen LogP contribution in [0.5, 0.6) is 11.8 Å². The normalized spacial score (nSPS) is 11.9. The summed E-state index contributed by atoms with van der Waals surface area (Å²) in [4.78, 5) is 19.3. The highest BCUT2D eigenvalue weighted by atomic mass is 35.5. The molecular formula is C14H11ClF3N3O4S. The maximum Gasteiger partial charge on any atom is 0.517 e. The van der Waals surface area contributed by atoms with Gasteiger partial charge in [0.05, 0.1) is 23.1 Å². The molecule has 0 N–H and O–H groups in total. The Morgan fingerprint density at radius 2 is 1.73 bits per heavy atom. The summed E-state index contributed by atoms with van der Waals surface area (Å²) in [6, 6.07) is 4.28. The number of halogens is 4. The summed E-state index contributed by atoms with van der Waals surface area (Å²) in [7, 11) is -5.88. The zero-order valence-corrected chi connectivity index (χ0v) is 14.6. The summed E-state index contributed by atoms with van der Waals surface area (Å²) in [6.45, 7) is 1.25. The Morgan fingerprint density at radius 3 is 2.19 bits per heavy atom. The molecule has 0 aliphatic heterocycles. The molecule has 0 radical (unpaired) electrons. The number of sulfonamides is 1. The van der Waals surface area contributed by atoms with E-state index in [-0.39, 0.29) is 21.1 Å². The van der Waals surface area contributed by atoms with Crippen molar-refractivity contribution >= 4 is 33.2 Å². The zero-order chi connectivity index (χ0) is 19.5. The van der Waals surface area contributed by atoms with Gasteiger partial charge in [-0.3, -0.25) is 4.79 Å². The van der Waals surface area contributed by atoms with Crippen molar-refractivity contribution in [1.29, 1.82) is 0 Å². The third-order valence-corrected chi connectivity index (χ3v) is 4.61. The zero-order valence-electron chi connectivity index (χ0n) is 13.1. The second kappa shape index (κ2) is 7.46. The van der Waals surface area contributed by atoms with Crippen molar-refractivity contribution in [3.8, 4) is 11.8 Å². The Morgan fingerprint density at radius 1 is 1.19 bits per heavy atom. The van der Waals surface area contributed by atoms with Gasteiger partial charge in [-0.25, -0.2) is 9.97 Å². The fraction of sp³-hybridized carbons (Fsp3) is 0.214. The second-order valence-electron chi connectivity index (χ2n) is 4.74. The van der Waals surface area contributed by atoms with Crippen molar-refractivity contribution < 1.29 is 31.1 Å². The number of rotatable bonds is 5. The molecule has 0 atom stereocenters. The molecule has 7 nitrogen and oxygen atoms in total. The fourth-order valence-corrected chi connectivity index (χ4v) is 2.87. The van der Waals surface area contributed by atoms with Gasteiger partial charge in [-0.05, 0) is 24.3 Å². The van der Waals surface area contributed by atoms with Gasteiger partial charge < -0.3 is 4.74 Å². The van der Waals surface area contributed by atoms with Crippen LogP contribution in [-0.4, -0.2) is 29.8 Å². The summed E-state index contributed by atoms with van der Waals surface area (Å²) in [5, 5.41) is 0.277. The van der Waals surface area contributed by atoms with E-state index in [1.54, 1.807) is 0 Å². The molecule has 26 heavy (non-hydrogen) atoms. The number of hydrogen-bond donors (Lipinski definition) is 0. The molecule has 0 fully saturated rings. The van der Waals surface area contributed by atoms with Gasteiger partial charge >= 0.3 is 21.5 Å². The van der Waals surface area contributed by atoms with E-state index in [2.05, 4.69) is 9.97 Å². The summed E-state index contributed by atoms with van der Waals surface area (Å²) in [5.41, 5.74) is -6.09. The van der Waals surface area contributed by atoms with Crippen LogP contribution in [0.3, 0.4) is 0 Å². The van der Waals surface area contributed by atoms with E-state index >= 15 is 0 Å². The van der Waals surface area contributed by atoms with Gasteiger partial charge in [0.2, 0.25) is 5.91 Å². The molecule has 140 valence electrons. The largest absolute Gasteiger partial charge is 0.517 e. The molecule has 1 amide bonds. The maximum absolute atomic E-state index is 12.8.